The van der Waals surface area contributed by atoms with Crippen LogP contribution in [0.2, 0.25) is 0 Å². The minimum atomic E-state index is -0.0314. The number of nitrogens with zero attached hydrogens (tertiary/aromatic N) is 2. The van der Waals surface area contributed by atoms with Gasteiger partial charge in [-0.1, -0.05) is 27.7 Å². The molecule has 0 aliphatic carbocycles. The Morgan fingerprint density at radius 1 is 1.20 bits per heavy atom. The number of nitrogens with one attached hydrogen (secondary N) is 1. The summed E-state index contributed by atoms with van der Waals surface area (Å²) in [6.07, 6.45) is 1.16. The molecule has 3 N–H and O–H groups in total. The van der Waals surface area contributed by atoms with Gasteiger partial charge in [0, 0.05) is 11.6 Å². The van der Waals surface area contributed by atoms with Crippen LogP contribution in [0.3, 0.4) is 0 Å². The summed E-state index contributed by atoms with van der Waals surface area (Å²) in [4.78, 5) is 6.99. The summed E-state index contributed by atoms with van der Waals surface area (Å²) >= 11 is 0. The molecule has 0 fully saturated rings. The van der Waals surface area contributed by atoms with Crippen molar-refractivity contribution in [2.75, 3.05) is 19.6 Å². The van der Waals surface area contributed by atoms with Crippen molar-refractivity contribution in [1.29, 1.82) is 0 Å². The zero-order valence-corrected chi connectivity index (χ0v) is 16.7. The Balaban J connectivity index is 0. The zero-order chi connectivity index (χ0) is 15.1. The van der Waals surface area contributed by atoms with Gasteiger partial charge in [0.1, 0.15) is 0 Å². The Hall–Kier alpha value is -0.0400. The highest BCUT2D eigenvalue weighted by Gasteiger charge is 2.17. The van der Waals surface area contributed by atoms with Gasteiger partial charge >= 0.3 is 0 Å². The maximum atomic E-state index is 5.94. The Morgan fingerprint density at radius 2 is 1.70 bits per heavy atom. The normalized spacial score (nSPS) is 14.3. The third-order valence-electron chi connectivity index (χ3n) is 3.05. The topological polar surface area (TPSA) is 53.6 Å². The average Bonchev–Trinajstić information content (AvgIpc) is 2.24. The van der Waals surface area contributed by atoms with E-state index < -0.39 is 0 Å². The molecule has 0 aromatic heterocycles. The first-order valence-electron chi connectivity index (χ1n) is 7.51. The maximum absolute atomic E-state index is 5.94. The van der Waals surface area contributed by atoms with Gasteiger partial charge in [-0.15, -0.1) is 24.0 Å². The van der Waals surface area contributed by atoms with Crippen LogP contribution in [0.25, 0.3) is 0 Å². The van der Waals surface area contributed by atoms with Gasteiger partial charge in [0.15, 0.2) is 5.96 Å². The summed E-state index contributed by atoms with van der Waals surface area (Å²) in [7, 11) is 0. The molecule has 0 radical (unpaired) electrons. The van der Waals surface area contributed by atoms with Gasteiger partial charge in [-0.2, -0.15) is 0 Å². The van der Waals surface area contributed by atoms with E-state index >= 15 is 0 Å². The predicted octanol–water partition coefficient (Wildman–Crippen LogP) is 3.06. The Kier molecular flexibility index (Phi) is 11.8. The quantitative estimate of drug-likeness (QED) is 0.394. The van der Waals surface area contributed by atoms with E-state index in [9.17, 15) is 0 Å². The minimum absolute atomic E-state index is 0. The molecule has 0 aliphatic heterocycles. The van der Waals surface area contributed by atoms with Gasteiger partial charge in [0.05, 0.1) is 6.54 Å². The van der Waals surface area contributed by atoms with Crippen LogP contribution < -0.4 is 11.1 Å². The molecule has 0 aromatic carbocycles. The summed E-state index contributed by atoms with van der Waals surface area (Å²) in [5.74, 6) is 1.23. The van der Waals surface area contributed by atoms with E-state index in [1.807, 2.05) is 0 Å². The molecule has 0 amide bonds. The van der Waals surface area contributed by atoms with Crippen LogP contribution in [0.1, 0.15) is 54.9 Å². The number of hydrogen-bond donors (Lipinski definition) is 2. The van der Waals surface area contributed by atoms with Gasteiger partial charge in [-0.05, 0) is 46.2 Å². The zero-order valence-electron chi connectivity index (χ0n) is 14.4. The molecule has 20 heavy (non-hydrogen) atoms. The predicted molar refractivity (Wildman–Crippen MR) is 101 cm³/mol. The van der Waals surface area contributed by atoms with Crippen molar-refractivity contribution >= 4 is 29.9 Å². The van der Waals surface area contributed by atoms with Gasteiger partial charge in [-0.25, -0.2) is 0 Å². The molecule has 0 bridgehead atoms. The Labute approximate surface area is 143 Å². The SMILES string of the molecule is CCN(CC)C(CN=C(N)NC(C)(C)C)CC(C)C.I. The van der Waals surface area contributed by atoms with Crippen LogP contribution in [0, 0.1) is 5.92 Å². The van der Waals surface area contributed by atoms with Crippen molar-refractivity contribution in [1.82, 2.24) is 10.2 Å². The van der Waals surface area contributed by atoms with Gasteiger partial charge in [-0.3, -0.25) is 9.89 Å². The van der Waals surface area contributed by atoms with E-state index in [-0.39, 0.29) is 29.5 Å². The third-order valence-corrected chi connectivity index (χ3v) is 3.05. The van der Waals surface area contributed by atoms with Crippen LogP contribution in [-0.2, 0) is 0 Å². The number of hydrogen-bond acceptors (Lipinski definition) is 2. The molecule has 0 aliphatic rings. The minimum Gasteiger partial charge on any atom is -0.370 e. The maximum Gasteiger partial charge on any atom is 0.189 e. The average molecular weight is 398 g/mol. The summed E-state index contributed by atoms with van der Waals surface area (Å²) in [5.41, 5.74) is 5.91. The molecule has 0 heterocycles. The number of guanidine groups is 1. The third kappa shape index (κ3) is 10.7. The van der Waals surface area contributed by atoms with Crippen LogP contribution in [0.5, 0.6) is 0 Å². The fourth-order valence-electron chi connectivity index (χ4n) is 2.25. The van der Waals surface area contributed by atoms with Crippen LogP contribution >= 0.6 is 24.0 Å². The van der Waals surface area contributed by atoms with E-state index in [1.165, 1.54) is 0 Å². The van der Waals surface area contributed by atoms with Crippen molar-refractivity contribution in [2.45, 2.75) is 66.5 Å². The monoisotopic (exact) mass is 398 g/mol. The first kappa shape index (κ1) is 22.2. The molecule has 0 spiro atoms. The molecule has 0 saturated carbocycles. The molecule has 0 rings (SSSR count). The lowest BCUT2D eigenvalue weighted by atomic mass is 10.0. The number of nitrogens with two attached hydrogens (primary N) is 1. The fourth-order valence-corrected chi connectivity index (χ4v) is 2.25. The first-order valence-corrected chi connectivity index (χ1v) is 7.51. The lowest BCUT2D eigenvalue weighted by Gasteiger charge is -2.30. The second-order valence-corrected chi connectivity index (χ2v) is 6.61. The van der Waals surface area contributed by atoms with Gasteiger partial charge in [0.2, 0.25) is 0 Å². The summed E-state index contributed by atoms with van der Waals surface area (Å²) in [5, 5.41) is 3.21. The Morgan fingerprint density at radius 3 is 2.05 bits per heavy atom. The molecule has 1 atom stereocenters. The van der Waals surface area contributed by atoms with Crippen molar-refractivity contribution in [3.8, 4) is 0 Å². The fraction of sp³-hybridized carbons (Fsp3) is 0.933. The summed E-state index contributed by atoms with van der Waals surface area (Å²) in [6.45, 7) is 18.1. The second kappa shape index (κ2) is 10.7. The highest BCUT2D eigenvalue weighted by Crippen LogP contribution is 2.12. The Bertz CT molecular complexity index is 268. The summed E-state index contributed by atoms with van der Waals surface area (Å²) < 4.78 is 0. The molecule has 0 aromatic rings. The highest BCUT2D eigenvalue weighted by atomic mass is 127. The van der Waals surface area contributed by atoms with Crippen molar-refractivity contribution in [2.24, 2.45) is 16.6 Å². The van der Waals surface area contributed by atoms with Crippen LogP contribution in [-0.4, -0.2) is 42.1 Å². The number of likely N-dealkylation sites (N-methyl/N-ethyl adjacent to an activating group) is 1. The number of halogens is 1. The molecule has 5 heteroatoms. The van der Waals surface area contributed by atoms with E-state index in [4.69, 9.17) is 5.73 Å². The van der Waals surface area contributed by atoms with Crippen molar-refractivity contribution < 1.29 is 0 Å². The number of rotatable bonds is 7. The molecule has 0 saturated heterocycles. The number of aliphatic imine (C=N–C) groups is 1. The van der Waals surface area contributed by atoms with Crippen LogP contribution in [0.4, 0.5) is 0 Å². The molecule has 122 valence electrons. The van der Waals surface area contributed by atoms with E-state index in [2.05, 4.69) is 63.7 Å². The molecule has 1 unspecified atom stereocenters. The largest absolute Gasteiger partial charge is 0.370 e. The standard InChI is InChI=1S/C15H34N4.HI/c1-8-19(9-2)13(10-12(3)4)11-17-14(16)18-15(5,6)7;/h12-13H,8-11H2,1-7H3,(H3,16,17,18);1H. The lowest BCUT2D eigenvalue weighted by Crippen LogP contribution is -2.46. The van der Waals surface area contributed by atoms with E-state index in [0.717, 1.165) is 26.1 Å². The van der Waals surface area contributed by atoms with Crippen molar-refractivity contribution in [3.05, 3.63) is 0 Å². The van der Waals surface area contributed by atoms with Crippen LogP contribution in [0.15, 0.2) is 4.99 Å². The molecule has 4 nitrogen and oxygen atoms in total. The smallest absolute Gasteiger partial charge is 0.189 e. The van der Waals surface area contributed by atoms with E-state index in [0.29, 0.717) is 17.9 Å². The second-order valence-electron chi connectivity index (χ2n) is 6.61. The highest BCUT2D eigenvalue weighted by molar-refractivity contribution is 14.0. The van der Waals surface area contributed by atoms with Gasteiger partial charge in [0.25, 0.3) is 0 Å². The molecular weight excluding hydrogens is 363 g/mol. The van der Waals surface area contributed by atoms with Crippen molar-refractivity contribution in [3.63, 3.8) is 0 Å². The molecular formula is C15H35IN4. The van der Waals surface area contributed by atoms with Gasteiger partial charge < -0.3 is 11.1 Å². The lowest BCUT2D eigenvalue weighted by molar-refractivity contribution is 0.196. The van der Waals surface area contributed by atoms with E-state index in [1.54, 1.807) is 0 Å². The first-order chi connectivity index (χ1) is 8.69. The summed E-state index contributed by atoms with van der Waals surface area (Å²) in [6, 6.07) is 0.482.